The van der Waals surface area contributed by atoms with Crippen LogP contribution in [0.1, 0.15) is 42.1 Å². The quantitative estimate of drug-likeness (QED) is 0.557. The van der Waals surface area contributed by atoms with Gasteiger partial charge in [-0.15, -0.1) is 0 Å². The first kappa shape index (κ1) is 20.1. The van der Waals surface area contributed by atoms with Gasteiger partial charge >= 0.3 is 11.9 Å². The molecule has 0 bridgehead atoms. The number of carbonyl (C=O) groups excluding carboxylic acids is 1. The number of furan rings is 1. The van der Waals surface area contributed by atoms with E-state index >= 15 is 0 Å². The second-order valence-electron chi connectivity index (χ2n) is 7.70. The van der Waals surface area contributed by atoms with Crippen LogP contribution in [0, 0.1) is 0 Å². The van der Waals surface area contributed by atoms with E-state index < -0.39 is 28.9 Å². The predicted octanol–water partition coefficient (Wildman–Crippen LogP) is 3.91. The largest absolute Gasteiger partial charge is 0.460 e. The number of rotatable bonds is 2. The van der Waals surface area contributed by atoms with E-state index in [4.69, 9.17) is 4.42 Å². The maximum Gasteiger partial charge on any atom is 0.416 e. The van der Waals surface area contributed by atoms with Gasteiger partial charge in [-0.3, -0.25) is 19.6 Å². The van der Waals surface area contributed by atoms with Crippen LogP contribution in [0.5, 0.6) is 0 Å². The molecule has 0 fully saturated rings. The van der Waals surface area contributed by atoms with Crippen molar-refractivity contribution < 1.29 is 22.4 Å². The van der Waals surface area contributed by atoms with Gasteiger partial charge in [0.2, 0.25) is 0 Å². The molecule has 0 unspecified atom stereocenters. The molecule has 32 heavy (non-hydrogen) atoms. The molecule has 0 amide bonds. The van der Waals surface area contributed by atoms with Gasteiger partial charge in [0.25, 0.3) is 5.56 Å². The van der Waals surface area contributed by atoms with Crippen molar-refractivity contribution in [2.45, 2.75) is 31.4 Å². The van der Waals surface area contributed by atoms with E-state index in [1.807, 2.05) is 0 Å². The van der Waals surface area contributed by atoms with Gasteiger partial charge in [0.1, 0.15) is 17.3 Å². The Hall–Kier alpha value is -3.82. The van der Waals surface area contributed by atoms with Gasteiger partial charge in [-0.25, -0.2) is 4.79 Å². The van der Waals surface area contributed by atoms with Crippen LogP contribution in [-0.2, 0) is 11.0 Å². The highest BCUT2D eigenvalue weighted by atomic mass is 19.4. The van der Waals surface area contributed by atoms with Crippen LogP contribution in [0.4, 0.5) is 19.0 Å². The van der Waals surface area contributed by atoms with E-state index in [2.05, 4.69) is 15.3 Å². The molecule has 164 valence electrons. The number of Topliss-reactive ketones (excluding diaryl/α,β-unsaturated/α-hetero) is 1. The third-order valence-electron chi connectivity index (χ3n) is 5.67. The van der Waals surface area contributed by atoms with Crippen LogP contribution >= 0.6 is 0 Å². The van der Waals surface area contributed by atoms with Gasteiger partial charge in [0.15, 0.2) is 5.78 Å². The van der Waals surface area contributed by atoms with E-state index in [1.165, 1.54) is 24.3 Å². The first-order chi connectivity index (χ1) is 15.2. The molecule has 1 aromatic carbocycles. The highest BCUT2D eigenvalue weighted by Crippen LogP contribution is 2.44. The molecule has 3 aromatic rings. The number of hydrogen-bond acceptors (Lipinski definition) is 5. The summed E-state index contributed by atoms with van der Waals surface area (Å²) in [6, 6.07) is 7.73. The Morgan fingerprint density at radius 2 is 1.81 bits per heavy atom. The van der Waals surface area contributed by atoms with Gasteiger partial charge in [-0.05, 0) is 37.1 Å². The average Bonchev–Trinajstić information content (AvgIpc) is 3.22. The average molecular weight is 443 g/mol. The number of anilines is 1. The van der Waals surface area contributed by atoms with Gasteiger partial charge in [0.05, 0.1) is 17.0 Å². The maximum atomic E-state index is 13.1. The lowest BCUT2D eigenvalue weighted by Gasteiger charge is -2.31. The third-order valence-corrected chi connectivity index (χ3v) is 5.67. The summed E-state index contributed by atoms with van der Waals surface area (Å²) in [5.74, 6) is -0.488. The second kappa shape index (κ2) is 7.11. The molecule has 3 heterocycles. The SMILES string of the molecule is O=C1CCCC2=C1[C@H](c1ccc(-c3cccc(C(F)(F)F)c3)o1)c1c([nH]c(=O)[nH]c1=O)N2. The molecule has 5 rings (SSSR count). The zero-order chi connectivity index (χ0) is 22.6. The minimum absolute atomic E-state index is 0.114. The van der Waals surface area contributed by atoms with E-state index in [-0.39, 0.29) is 34.2 Å². The monoisotopic (exact) mass is 443 g/mol. The molecule has 0 radical (unpaired) electrons. The van der Waals surface area contributed by atoms with Gasteiger partial charge in [0, 0.05) is 23.3 Å². The number of aromatic nitrogens is 2. The molecule has 2 aliphatic rings. The normalized spacial score (nSPS) is 18.2. The van der Waals surface area contributed by atoms with Gasteiger partial charge in [-0.2, -0.15) is 13.2 Å². The number of benzene rings is 1. The molecule has 10 heteroatoms. The topological polar surface area (TPSA) is 108 Å². The zero-order valence-corrected chi connectivity index (χ0v) is 16.4. The van der Waals surface area contributed by atoms with Crippen molar-refractivity contribution >= 4 is 11.6 Å². The Kier molecular flexibility index (Phi) is 4.47. The van der Waals surface area contributed by atoms with Crippen LogP contribution in [-0.4, -0.2) is 15.8 Å². The predicted molar refractivity (Wildman–Crippen MR) is 108 cm³/mol. The Balaban J connectivity index is 1.66. The number of halogens is 3. The summed E-state index contributed by atoms with van der Waals surface area (Å²) in [5.41, 5.74) is -0.910. The number of fused-ring (bicyclic) bond motifs is 1. The van der Waals surface area contributed by atoms with Gasteiger partial charge < -0.3 is 9.73 Å². The molecular formula is C22H16F3N3O4. The van der Waals surface area contributed by atoms with Crippen molar-refractivity contribution in [3.05, 3.63) is 85.4 Å². The Labute approximate surface area is 178 Å². The molecular weight excluding hydrogens is 427 g/mol. The van der Waals surface area contributed by atoms with E-state index in [0.29, 0.717) is 30.5 Å². The molecule has 7 nitrogen and oxygen atoms in total. The van der Waals surface area contributed by atoms with Crippen molar-refractivity contribution in [2.75, 3.05) is 5.32 Å². The number of ketones is 1. The van der Waals surface area contributed by atoms with Gasteiger partial charge in [-0.1, -0.05) is 12.1 Å². The summed E-state index contributed by atoms with van der Waals surface area (Å²) in [6.07, 6.45) is -3.04. The van der Waals surface area contributed by atoms with Crippen molar-refractivity contribution in [2.24, 2.45) is 0 Å². The molecule has 1 atom stereocenters. The zero-order valence-electron chi connectivity index (χ0n) is 16.4. The summed E-state index contributed by atoms with van der Waals surface area (Å²) >= 11 is 0. The number of aromatic amines is 2. The summed E-state index contributed by atoms with van der Waals surface area (Å²) in [6.45, 7) is 0. The summed E-state index contributed by atoms with van der Waals surface area (Å²) in [4.78, 5) is 41.9. The lowest BCUT2D eigenvalue weighted by molar-refractivity contribution is -0.137. The molecule has 3 N–H and O–H groups in total. The molecule has 0 saturated carbocycles. The third kappa shape index (κ3) is 3.28. The van der Waals surface area contributed by atoms with Crippen molar-refractivity contribution in [1.82, 2.24) is 9.97 Å². The number of carbonyl (C=O) groups is 1. The summed E-state index contributed by atoms with van der Waals surface area (Å²) in [5, 5.41) is 2.99. The lowest BCUT2D eigenvalue weighted by Crippen LogP contribution is -2.35. The van der Waals surface area contributed by atoms with Crippen LogP contribution in [0.3, 0.4) is 0 Å². The van der Waals surface area contributed by atoms with Crippen molar-refractivity contribution in [1.29, 1.82) is 0 Å². The fourth-order valence-electron chi connectivity index (χ4n) is 4.29. The summed E-state index contributed by atoms with van der Waals surface area (Å²) < 4.78 is 45.2. The fraction of sp³-hybridized carbons (Fsp3) is 0.227. The smallest absolute Gasteiger partial charge is 0.416 e. The van der Waals surface area contributed by atoms with E-state index in [9.17, 15) is 27.6 Å². The van der Waals surface area contributed by atoms with Crippen LogP contribution in [0.2, 0.25) is 0 Å². The Bertz CT molecular complexity index is 1390. The van der Waals surface area contributed by atoms with Crippen LogP contribution in [0.25, 0.3) is 11.3 Å². The highest BCUT2D eigenvalue weighted by Gasteiger charge is 2.39. The first-order valence-corrected chi connectivity index (χ1v) is 9.89. The number of alkyl halides is 3. The molecule has 1 aliphatic carbocycles. The standard InChI is InChI=1S/C22H16F3N3O4/c23-22(24,25)11-4-1-3-10(9-11)14-7-8-15(32-14)17-16-12(5-2-6-13(16)29)26-19-18(17)20(30)28-21(31)27-19/h1,3-4,7-9,17H,2,5-6H2,(H3,26,27,28,30,31)/t17-/m0/s1. The molecule has 0 spiro atoms. The lowest BCUT2D eigenvalue weighted by atomic mass is 9.79. The maximum absolute atomic E-state index is 13.1. The Morgan fingerprint density at radius 1 is 1.00 bits per heavy atom. The number of allylic oxidation sites excluding steroid dienone is 2. The van der Waals surface area contributed by atoms with Crippen molar-refractivity contribution in [3.8, 4) is 11.3 Å². The number of hydrogen-bond donors (Lipinski definition) is 3. The second-order valence-corrected chi connectivity index (χ2v) is 7.70. The van der Waals surface area contributed by atoms with Crippen molar-refractivity contribution in [3.63, 3.8) is 0 Å². The van der Waals surface area contributed by atoms with Crippen LogP contribution in [0.15, 0.2) is 61.7 Å². The highest BCUT2D eigenvalue weighted by molar-refractivity contribution is 6.00. The number of nitrogens with one attached hydrogen (secondary N) is 3. The van der Waals surface area contributed by atoms with Crippen LogP contribution < -0.4 is 16.6 Å². The minimum Gasteiger partial charge on any atom is -0.460 e. The number of H-pyrrole nitrogens is 2. The first-order valence-electron chi connectivity index (χ1n) is 9.89. The summed E-state index contributed by atoms with van der Waals surface area (Å²) in [7, 11) is 0. The fourth-order valence-corrected chi connectivity index (χ4v) is 4.29. The molecule has 0 saturated heterocycles. The molecule has 1 aliphatic heterocycles. The van der Waals surface area contributed by atoms with E-state index in [1.54, 1.807) is 0 Å². The molecule has 2 aromatic heterocycles. The Morgan fingerprint density at radius 3 is 2.59 bits per heavy atom. The minimum atomic E-state index is -4.51. The van der Waals surface area contributed by atoms with E-state index in [0.717, 1.165) is 12.1 Å².